The molecule has 7 heteroatoms. The van der Waals surface area contributed by atoms with Crippen molar-refractivity contribution in [3.8, 4) is 0 Å². The summed E-state index contributed by atoms with van der Waals surface area (Å²) in [5.74, 6) is 0.389. The number of amides is 3. The number of carbonyl (C=O) groups excluding carboxylic acids is 3. The molecule has 3 heterocycles. The number of rotatable bonds is 3. The Hall–Kier alpha value is -2.31. The molecule has 0 bridgehead atoms. The van der Waals surface area contributed by atoms with E-state index >= 15 is 0 Å². The predicted octanol–water partition coefficient (Wildman–Crippen LogP) is 0.487. The first kappa shape index (κ1) is 17.5. The topological polar surface area (TPSA) is 76.7 Å². The Kier molecular flexibility index (Phi) is 5.40. The van der Waals surface area contributed by atoms with Crippen molar-refractivity contribution in [3.05, 3.63) is 24.0 Å². The molecule has 0 aromatic carbocycles. The molecule has 1 aromatic rings. The lowest BCUT2D eigenvalue weighted by molar-refractivity contribution is -0.144. The molecule has 1 aromatic heterocycles. The molecule has 0 radical (unpaired) electrons. The number of nitrogens with one attached hydrogen (secondary N) is 1. The van der Waals surface area contributed by atoms with Crippen LogP contribution in [0.5, 0.6) is 0 Å². The smallest absolute Gasteiger partial charge is 0.227 e. The highest BCUT2D eigenvalue weighted by molar-refractivity contribution is 5.81. The summed E-state index contributed by atoms with van der Waals surface area (Å²) in [5.41, 5.74) is 0.987. The first-order valence-electron chi connectivity index (χ1n) is 8.98. The van der Waals surface area contributed by atoms with Gasteiger partial charge in [-0.05, 0) is 24.5 Å². The van der Waals surface area contributed by atoms with Crippen LogP contribution in [0.4, 0.5) is 0 Å². The Bertz CT molecular complexity index is 612. The van der Waals surface area contributed by atoms with Gasteiger partial charge in [-0.2, -0.15) is 0 Å². The monoisotopic (exact) mass is 346 g/mol. The van der Waals surface area contributed by atoms with Gasteiger partial charge in [0.1, 0.15) is 0 Å². The molecule has 3 amide bonds. The number of H-pyrrole nitrogens is 1. The molecule has 0 aliphatic carbocycles. The molecular weight excluding hydrogens is 320 g/mol. The van der Waals surface area contributed by atoms with E-state index in [9.17, 15) is 14.4 Å². The lowest BCUT2D eigenvalue weighted by Crippen LogP contribution is -2.53. The third kappa shape index (κ3) is 4.21. The Morgan fingerprint density at radius 1 is 1.00 bits per heavy atom. The fourth-order valence-electron chi connectivity index (χ4n) is 3.63. The zero-order valence-corrected chi connectivity index (χ0v) is 14.7. The number of aromatic nitrogens is 1. The largest absolute Gasteiger partial charge is 0.367 e. The van der Waals surface area contributed by atoms with Gasteiger partial charge in [-0.1, -0.05) is 0 Å². The first-order valence-corrected chi connectivity index (χ1v) is 8.98. The van der Waals surface area contributed by atoms with Crippen LogP contribution >= 0.6 is 0 Å². The fourth-order valence-corrected chi connectivity index (χ4v) is 3.63. The van der Waals surface area contributed by atoms with Crippen LogP contribution in [0, 0.1) is 5.92 Å². The van der Waals surface area contributed by atoms with Gasteiger partial charge in [-0.3, -0.25) is 14.4 Å². The fraction of sp³-hybridized carbons (Fsp3) is 0.611. The molecule has 2 saturated heterocycles. The maximum absolute atomic E-state index is 12.7. The van der Waals surface area contributed by atoms with E-state index in [1.54, 1.807) is 11.8 Å². The van der Waals surface area contributed by atoms with Gasteiger partial charge in [0, 0.05) is 64.5 Å². The summed E-state index contributed by atoms with van der Waals surface area (Å²) in [6, 6.07) is 1.91. The van der Waals surface area contributed by atoms with Crippen LogP contribution in [-0.4, -0.2) is 76.7 Å². The van der Waals surface area contributed by atoms with Crippen LogP contribution < -0.4 is 0 Å². The van der Waals surface area contributed by atoms with Crippen molar-refractivity contribution in [1.29, 1.82) is 0 Å². The van der Waals surface area contributed by atoms with Gasteiger partial charge < -0.3 is 19.7 Å². The number of carbonyl (C=O) groups is 3. The molecule has 2 aliphatic rings. The van der Waals surface area contributed by atoms with Crippen molar-refractivity contribution >= 4 is 17.7 Å². The molecule has 3 rings (SSSR count). The number of nitrogens with zero attached hydrogens (tertiary/aromatic N) is 3. The van der Waals surface area contributed by atoms with Crippen molar-refractivity contribution in [2.75, 3.05) is 39.3 Å². The van der Waals surface area contributed by atoms with E-state index in [-0.39, 0.29) is 23.6 Å². The zero-order chi connectivity index (χ0) is 17.8. The molecular formula is C18H26N4O3. The van der Waals surface area contributed by atoms with Crippen molar-refractivity contribution in [1.82, 2.24) is 19.7 Å². The minimum Gasteiger partial charge on any atom is -0.367 e. The van der Waals surface area contributed by atoms with Crippen LogP contribution in [-0.2, 0) is 20.8 Å². The van der Waals surface area contributed by atoms with E-state index < -0.39 is 0 Å². The van der Waals surface area contributed by atoms with Gasteiger partial charge in [0.05, 0.1) is 6.42 Å². The SMILES string of the molecule is CC(=O)N1CCC(C(=O)N2CCN(C(=O)Cc3cc[nH]c3)CC2)CC1. The second kappa shape index (κ2) is 7.72. The molecule has 7 nitrogen and oxygen atoms in total. The summed E-state index contributed by atoms with van der Waals surface area (Å²) in [6.45, 7) is 5.31. The molecule has 0 atom stereocenters. The second-order valence-corrected chi connectivity index (χ2v) is 6.88. The van der Waals surface area contributed by atoms with E-state index in [2.05, 4.69) is 4.98 Å². The van der Waals surface area contributed by atoms with Crippen molar-refractivity contribution in [3.63, 3.8) is 0 Å². The van der Waals surface area contributed by atoms with Gasteiger partial charge in [-0.25, -0.2) is 0 Å². The maximum Gasteiger partial charge on any atom is 0.227 e. The predicted molar refractivity (Wildman–Crippen MR) is 92.6 cm³/mol. The zero-order valence-electron chi connectivity index (χ0n) is 14.7. The minimum absolute atomic E-state index is 0.0118. The Balaban J connectivity index is 1.45. The van der Waals surface area contributed by atoms with Gasteiger partial charge in [-0.15, -0.1) is 0 Å². The van der Waals surface area contributed by atoms with Crippen LogP contribution in [0.2, 0.25) is 0 Å². The van der Waals surface area contributed by atoms with Crippen LogP contribution in [0.1, 0.15) is 25.3 Å². The molecule has 0 spiro atoms. The summed E-state index contributed by atoms with van der Waals surface area (Å²) in [4.78, 5) is 44.9. The van der Waals surface area contributed by atoms with Gasteiger partial charge in [0.15, 0.2) is 0 Å². The van der Waals surface area contributed by atoms with Crippen LogP contribution in [0.15, 0.2) is 18.5 Å². The molecule has 1 N–H and O–H groups in total. The van der Waals surface area contributed by atoms with E-state index in [0.29, 0.717) is 45.7 Å². The van der Waals surface area contributed by atoms with E-state index in [0.717, 1.165) is 18.4 Å². The number of hydrogen-bond donors (Lipinski definition) is 1. The Morgan fingerprint density at radius 3 is 2.20 bits per heavy atom. The van der Waals surface area contributed by atoms with Crippen LogP contribution in [0.3, 0.4) is 0 Å². The highest BCUT2D eigenvalue weighted by Gasteiger charge is 2.31. The Morgan fingerprint density at radius 2 is 1.64 bits per heavy atom. The van der Waals surface area contributed by atoms with Gasteiger partial charge in [0.25, 0.3) is 0 Å². The van der Waals surface area contributed by atoms with Gasteiger partial charge in [0.2, 0.25) is 17.7 Å². The summed E-state index contributed by atoms with van der Waals surface area (Å²) in [7, 11) is 0. The first-order chi connectivity index (χ1) is 12.0. The number of piperidine rings is 1. The number of likely N-dealkylation sites (tertiary alicyclic amines) is 1. The summed E-state index contributed by atoms with van der Waals surface area (Å²) >= 11 is 0. The third-order valence-electron chi connectivity index (χ3n) is 5.25. The quantitative estimate of drug-likeness (QED) is 0.865. The lowest BCUT2D eigenvalue weighted by atomic mass is 9.95. The number of hydrogen-bond acceptors (Lipinski definition) is 3. The van der Waals surface area contributed by atoms with Crippen LogP contribution in [0.25, 0.3) is 0 Å². The third-order valence-corrected chi connectivity index (χ3v) is 5.25. The highest BCUT2D eigenvalue weighted by atomic mass is 16.2. The van der Waals surface area contributed by atoms with Gasteiger partial charge >= 0.3 is 0 Å². The maximum atomic E-state index is 12.7. The second-order valence-electron chi connectivity index (χ2n) is 6.88. The average molecular weight is 346 g/mol. The number of piperazine rings is 1. The standard InChI is InChI=1S/C18H26N4O3/c1-14(23)20-6-3-16(4-7-20)18(25)22-10-8-21(9-11-22)17(24)12-15-2-5-19-13-15/h2,5,13,16,19H,3-4,6-12H2,1H3. The highest BCUT2D eigenvalue weighted by Crippen LogP contribution is 2.20. The molecule has 136 valence electrons. The summed E-state index contributed by atoms with van der Waals surface area (Å²) in [6.07, 6.45) is 5.54. The van der Waals surface area contributed by atoms with Crippen molar-refractivity contribution < 1.29 is 14.4 Å². The van der Waals surface area contributed by atoms with E-state index in [1.807, 2.05) is 28.3 Å². The number of aromatic amines is 1. The van der Waals surface area contributed by atoms with E-state index in [4.69, 9.17) is 0 Å². The summed E-state index contributed by atoms with van der Waals surface area (Å²) in [5, 5.41) is 0. The van der Waals surface area contributed by atoms with Crippen molar-refractivity contribution in [2.45, 2.75) is 26.2 Å². The molecule has 0 saturated carbocycles. The van der Waals surface area contributed by atoms with Crippen molar-refractivity contribution in [2.24, 2.45) is 5.92 Å². The Labute approximate surface area is 148 Å². The molecule has 25 heavy (non-hydrogen) atoms. The van der Waals surface area contributed by atoms with E-state index in [1.165, 1.54) is 0 Å². The minimum atomic E-state index is 0.0118. The molecule has 2 aliphatic heterocycles. The molecule has 2 fully saturated rings. The molecule has 0 unspecified atom stereocenters. The summed E-state index contributed by atoms with van der Waals surface area (Å²) < 4.78 is 0. The average Bonchev–Trinajstić information content (AvgIpc) is 3.14. The normalized spacial score (nSPS) is 19.2. The lowest BCUT2D eigenvalue weighted by Gasteiger charge is -2.38.